The van der Waals surface area contributed by atoms with Crippen LogP contribution >= 0.6 is 0 Å². The molecule has 2 N–H and O–H groups in total. The number of rotatable bonds is 7. The van der Waals surface area contributed by atoms with Crippen LogP contribution in [0.1, 0.15) is 64.7 Å². The third-order valence-electron chi connectivity index (χ3n) is 4.25. The second kappa shape index (κ2) is 7.23. The highest BCUT2D eigenvalue weighted by atomic mass is 16.5. The molecule has 0 aromatic carbocycles. The van der Waals surface area contributed by atoms with E-state index >= 15 is 0 Å². The molecule has 1 aliphatic heterocycles. The van der Waals surface area contributed by atoms with Gasteiger partial charge in [0.25, 0.3) is 0 Å². The summed E-state index contributed by atoms with van der Waals surface area (Å²) in [6.45, 7) is 2.17. The number of aliphatic hydroxyl groups excluding tert-OH is 2. The van der Waals surface area contributed by atoms with Crippen molar-refractivity contribution < 1.29 is 19.7 Å². The van der Waals surface area contributed by atoms with Gasteiger partial charge in [-0.3, -0.25) is 4.79 Å². The molecule has 114 valence electrons. The van der Waals surface area contributed by atoms with Gasteiger partial charge in [0.05, 0.1) is 6.10 Å². The molecule has 2 aliphatic rings. The zero-order chi connectivity index (χ0) is 14.5. The summed E-state index contributed by atoms with van der Waals surface area (Å²) in [5.41, 5.74) is 0.659. The van der Waals surface area contributed by atoms with Gasteiger partial charge in [-0.25, -0.2) is 0 Å². The molecular formula is C16H26O4. The summed E-state index contributed by atoms with van der Waals surface area (Å²) < 4.78 is 5.77. The number of unbranched alkanes of at least 4 members (excludes halogenated alkanes) is 3. The minimum absolute atomic E-state index is 0.0876. The van der Waals surface area contributed by atoms with Crippen LogP contribution in [0.25, 0.3) is 0 Å². The minimum atomic E-state index is -0.852. The van der Waals surface area contributed by atoms with Crippen molar-refractivity contribution in [2.75, 3.05) is 0 Å². The first-order chi connectivity index (χ1) is 9.61. The van der Waals surface area contributed by atoms with E-state index in [1.54, 1.807) is 0 Å². The van der Waals surface area contributed by atoms with Crippen molar-refractivity contribution in [3.05, 3.63) is 11.3 Å². The maximum absolute atomic E-state index is 11.8. The molecule has 0 bridgehead atoms. The number of hydrogen-bond donors (Lipinski definition) is 2. The number of ketones is 1. The van der Waals surface area contributed by atoms with Crippen LogP contribution in [-0.2, 0) is 9.53 Å². The lowest BCUT2D eigenvalue weighted by Crippen LogP contribution is -2.26. The smallest absolute Gasteiger partial charge is 0.190 e. The quantitative estimate of drug-likeness (QED) is 0.704. The molecule has 0 amide bonds. The van der Waals surface area contributed by atoms with Crippen molar-refractivity contribution in [1.29, 1.82) is 0 Å². The van der Waals surface area contributed by atoms with E-state index < -0.39 is 6.10 Å². The molecule has 3 atom stereocenters. The largest absolute Gasteiger partial charge is 0.494 e. The van der Waals surface area contributed by atoms with Gasteiger partial charge in [0.2, 0.25) is 0 Å². The standard InChI is InChI=1S/C16H26O4/c1-2-3-4-5-6-11(17)9-12-10-13-15(20-12)8-7-14(18)16(13)19/h11-12,14,17-18H,2-10H2,1H3/t11-,12+,14-/m0/s1. The average Bonchev–Trinajstić information content (AvgIpc) is 2.82. The molecule has 1 aliphatic carbocycles. The van der Waals surface area contributed by atoms with Gasteiger partial charge >= 0.3 is 0 Å². The molecule has 0 saturated heterocycles. The fraction of sp³-hybridized carbons (Fsp3) is 0.812. The van der Waals surface area contributed by atoms with Crippen molar-refractivity contribution >= 4 is 5.78 Å². The summed E-state index contributed by atoms with van der Waals surface area (Å²) in [6, 6.07) is 0. The van der Waals surface area contributed by atoms with Gasteiger partial charge in [0.1, 0.15) is 18.0 Å². The van der Waals surface area contributed by atoms with Crippen molar-refractivity contribution in [3.8, 4) is 0 Å². The van der Waals surface area contributed by atoms with E-state index in [0.717, 1.165) is 18.6 Å². The van der Waals surface area contributed by atoms with E-state index in [1.165, 1.54) is 19.3 Å². The summed E-state index contributed by atoms with van der Waals surface area (Å²) in [5.74, 6) is 0.578. The Labute approximate surface area is 120 Å². The highest BCUT2D eigenvalue weighted by Crippen LogP contribution is 2.35. The second-order valence-corrected chi connectivity index (χ2v) is 6.00. The Kier molecular flexibility index (Phi) is 5.61. The van der Waals surface area contributed by atoms with Crippen LogP contribution in [0.2, 0.25) is 0 Å². The number of ether oxygens (including phenoxy) is 1. The fourth-order valence-electron chi connectivity index (χ4n) is 3.06. The molecular weight excluding hydrogens is 256 g/mol. The molecule has 0 saturated carbocycles. The van der Waals surface area contributed by atoms with E-state index in [4.69, 9.17) is 4.74 Å². The van der Waals surface area contributed by atoms with Crippen molar-refractivity contribution in [3.63, 3.8) is 0 Å². The van der Waals surface area contributed by atoms with Gasteiger partial charge in [-0.05, 0) is 12.8 Å². The molecule has 4 heteroatoms. The van der Waals surface area contributed by atoms with Crippen LogP contribution in [0.3, 0.4) is 0 Å². The predicted octanol–water partition coefficient (Wildman–Crippen LogP) is 2.47. The highest BCUT2D eigenvalue weighted by Gasteiger charge is 2.36. The Balaban J connectivity index is 1.73. The van der Waals surface area contributed by atoms with Crippen LogP contribution < -0.4 is 0 Å². The van der Waals surface area contributed by atoms with Crippen LogP contribution in [0.4, 0.5) is 0 Å². The number of carbonyl (C=O) groups is 1. The summed E-state index contributed by atoms with van der Waals surface area (Å²) >= 11 is 0. The van der Waals surface area contributed by atoms with Crippen LogP contribution in [0.15, 0.2) is 11.3 Å². The van der Waals surface area contributed by atoms with Gasteiger partial charge < -0.3 is 14.9 Å². The van der Waals surface area contributed by atoms with Crippen LogP contribution in [0.5, 0.6) is 0 Å². The molecule has 1 heterocycles. The maximum atomic E-state index is 11.8. The minimum Gasteiger partial charge on any atom is -0.494 e. The molecule has 0 radical (unpaired) electrons. The summed E-state index contributed by atoms with van der Waals surface area (Å²) in [6.07, 6.45) is 6.39. The lowest BCUT2D eigenvalue weighted by atomic mass is 9.91. The molecule has 0 fully saturated rings. The SMILES string of the molecule is CCCCCC[C@H](O)C[C@@H]1CC2=C(CC[C@H](O)C2=O)O1. The fourth-order valence-corrected chi connectivity index (χ4v) is 3.06. The maximum Gasteiger partial charge on any atom is 0.190 e. The van der Waals surface area contributed by atoms with Gasteiger partial charge in [0, 0.05) is 24.8 Å². The summed E-state index contributed by atoms with van der Waals surface area (Å²) in [5, 5.41) is 19.6. The summed E-state index contributed by atoms with van der Waals surface area (Å²) in [4.78, 5) is 11.8. The van der Waals surface area contributed by atoms with E-state index in [2.05, 4.69) is 6.92 Å². The number of carbonyl (C=O) groups excluding carboxylic acids is 1. The monoisotopic (exact) mass is 282 g/mol. The van der Waals surface area contributed by atoms with Gasteiger partial charge in [-0.15, -0.1) is 0 Å². The van der Waals surface area contributed by atoms with Crippen molar-refractivity contribution in [1.82, 2.24) is 0 Å². The van der Waals surface area contributed by atoms with E-state index in [1.807, 2.05) is 0 Å². The number of Topliss-reactive ketones (excluding diaryl/α,β-unsaturated/α-hetero) is 1. The zero-order valence-electron chi connectivity index (χ0n) is 12.3. The Morgan fingerprint density at radius 1 is 1.35 bits per heavy atom. The lowest BCUT2D eigenvalue weighted by molar-refractivity contribution is -0.124. The first kappa shape index (κ1) is 15.5. The van der Waals surface area contributed by atoms with Gasteiger partial charge in [-0.2, -0.15) is 0 Å². The number of allylic oxidation sites excluding steroid dienone is 1. The average molecular weight is 282 g/mol. The van der Waals surface area contributed by atoms with E-state index in [9.17, 15) is 15.0 Å². The molecule has 4 nitrogen and oxygen atoms in total. The topological polar surface area (TPSA) is 66.8 Å². The number of hydrogen-bond acceptors (Lipinski definition) is 4. The normalized spacial score (nSPS) is 27.4. The van der Waals surface area contributed by atoms with Gasteiger partial charge in [-0.1, -0.05) is 32.6 Å². The molecule has 0 unspecified atom stereocenters. The molecule has 0 spiro atoms. The zero-order valence-corrected chi connectivity index (χ0v) is 12.3. The molecule has 20 heavy (non-hydrogen) atoms. The van der Waals surface area contributed by atoms with Gasteiger partial charge in [0.15, 0.2) is 5.78 Å². The molecule has 0 aromatic heterocycles. The predicted molar refractivity (Wildman–Crippen MR) is 76.1 cm³/mol. The van der Waals surface area contributed by atoms with Crippen molar-refractivity contribution in [2.45, 2.75) is 83.0 Å². The Morgan fingerprint density at radius 2 is 2.15 bits per heavy atom. The van der Waals surface area contributed by atoms with E-state index in [-0.39, 0.29) is 18.0 Å². The Morgan fingerprint density at radius 3 is 2.90 bits per heavy atom. The Hall–Kier alpha value is -0.870. The van der Waals surface area contributed by atoms with Crippen LogP contribution in [0, 0.1) is 0 Å². The summed E-state index contributed by atoms with van der Waals surface area (Å²) in [7, 11) is 0. The first-order valence-corrected chi connectivity index (χ1v) is 7.90. The first-order valence-electron chi connectivity index (χ1n) is 7.90. The molecule has 2 rings (SSSR count). The lowest BCUT2D eigenvalue weighted by Gasteiger charge is -2.18. The highest BCUT2D eigenvalue weighted by molar-refractivity contribution is 6.00. The Bertz CT molecular complexity index is 375. The third-order valence-corrected chi connectivity index (χ3v) is 4.25. The van der Waals surface area contributed by atoms with E-state index in [0.29, 0.717) is 31.3 Å². The second-order valence-electron chi connectivity index (χ2n) is 6.00. The van der Waals surface area contributed by atoms with Crippen LogP contribution in [-0.4, -0.2) is 34.3 Å². The number of aliphatic hydroxyl groups is 2. The molecule has 0 aromatic rings. The van der Waals surface area contributed by atoms with Crippen molar-refractivity contribution in [2.24, 2.45) is 0 Å². The third kappa shape index (κ3) is 3.83.